The number of aryl methyl sites for hydroxylation is 2. The van der Waals surface area contributed by atoms with Crippen LogP contribution in [0.4, 0.5) is 5.69 Å². The van der Waals surface area contributed by atoms with E-state index in [9.17, 15) is 0 Å². The monoisotopic (exact) mass is 289 g/mol. The van der Waals surface area contributed by atoms with Crippen molar-refractivity contribution in [3.8, 4) is 0 Å². The van der Waals surface area contributed by atoms with Gasteiger partial charge < -0.3 is 5.32 Å². The standard InChI is InChI=1S/C21H23N/c1-3-17-8-6-12-20(15-17)22-16(2)14-19-11-7-10-18-9-4-5-13-21(18)19/h5-8,10-13,15,22H,2-4,9,14H2,1H3. The number of rotatable bonds is 5. The average molecular weight is 289 g/mol. The minimum absolute atomic E-state index is 0.865. The Morgan fingerprint density at radius 1 is 1.18 bits per heavy atom. The predicted octanol–water partition coefficient (Wildman–Crippen LogP) is 5.38. The second-order valence-corrected chi connectivity index (χ2v) is 5.89. The van der Waals surface area contributed by atoms with Crippen LogP contribution < -0.4 is 5.32 Å². The highest BCUT2D eigenvalue weighted by Crippen LogP contribution is 2.25. The molecule has 1 nitrogen and oxygen atoms in total. The van der Waals surface area contributed by atoms with E-state index in [1.54, 1.807) is 0 Å². The lowest BCUT2D eigenvalue weighted by atomic mass is 9.91. The van der Waals surface area contributed by atoms with E-state index in [2.05, 4.69) is 73.4 Å². The van der Waals surface area contributed by atoms with Gasteiger partial charge in [-0.2, -0.15) is 0 Å². The number of anilines is 1. The van der Waals surface area contributed by atoms with Gasteiger partial charge in [0.1, 0.15) is 0 Å². The van der Waals surface area contributed by atoms with Gasteiger partial charge in [-0.15, -0.1) is 0 Å². The number of hydrogen-bond acceptors (Lipinski definition) is 1. The minimum Gasteiger partial charge on any atom is -0.359 e. The van der Waals surface area contributed by atoms with E-state index < -0.39 is 0 Å². The van der Waals surface area contributed by atoms with Crippen LogP contribution >= 0.6 is 0 Å². The Hall–Kier alpha value is -2.28. The molecule has 1 N–H and O–H groups in total. The first-order chi connectivity index (χ1) is 10.8. The fraction of sp³-hybridized carbons (Fsp3) is 0.238. The van der Waals surface area contributed by atoms with Crippen molar-refractivity contribution in [2.45, 2.75) is 32.6 Å². The molecule has 2 aromatic rings. The number of allylic oxidation sites excluding steroid dienone is 2. The summed E-state index contributed by atoms with van der Waals surface area (Å²) in [5.74, 6) is 0. The Morgan fingerprint density at radius 3 is 2.91 bits per heavy atom. The van der Waals surface area contributed by atoms with Gasteiger partial charge in [0.25, 0.3) is 0 Å². The van der Waals surface area contributed by atoms with Crippen LogP contribution in [-0.2, 0) is 19.3 Å². The first kappa shape index (κ1) is 14.6. The third kappa shape index (κ3) is 3.30. The maximum Gasteiger partial charge on any atom is 0.0384 e. The van der Waals surface area contributed by atoms with Crippen LogP contribution in [0.3, 0.4) is 0 Å². The third-order valence-corrected chi connectivity index (χ3v) is 4.21. The predicted molar refractivity (Wildman–Crippen MR) is 96.1 cm³/mol. The Labute approximate surface area is 133 Å². The molecular formula is C21H23N. The smallest absolute Gasteiger partial charge is 0.0384 e. The molecule has 0 atom stereocenters. The fourth-order valence-corrected chi connectivity index (χ4v) is 3.04. The van der Waals surface area contributed by atoms with Crippen LogP contribution in [-0.4, -0.2) is 0 Å². The van der Waals surface area contributed by atoms with Gasteiger partial charge in [0.15, 0.2) is 0 Å². The van der Waals surface area contributed by atoms with E-state index >= 15 is 0 Å². The van der Waals surface area contributed by atoms with Gasteiger partial charge in [-0.05, 0) is 53.6 Å². The summed E-state index contributed by atoms with van der Waals surface area (Å²) in [6, 6.07) is 15.2. The molecule has 2 aromatic carbocycles. The number of hydrogen-bond donors (Lipinski definition) is 1. The summed E-state index contributed by atoms with van der Waals surface area (Å²) < 4.78 is 0. The molecule has 1 heteroatoms. The van der Waals surface area contributed by atoms with Crippen molar-refractivity contribution < 1.29 is 0 Å². The second-order valence-electron chi connectivity index (χ2n) is 5.89. The zero-order chi connectivity index (χ0) is 15.4. The zero-order valence-electron chi connectivity index (χ0n) is 13.2. The lowest BCUT2D eigenvalue weighted by molar-refractivity contribution is 0.973. The van der Waals surface area contributed by atoms with Gasteiger partial charge in [0.2, 0.25) is 0 Å². The topological polar surface area (TPSA) is 12.0 Å². The lowest BCUT2D eigenvalue weighted by Gasteiger charge is -2.17. The van der Waals surface area contributed by atoms with Crippen molar-refractivity contribution in [1.29, 1.82) is 0 Å². The molecule has 3 rings (SSSR count). The van der Waals surface area contributed by atoms with Crippen molar-refractivity contribution in [2.24, 2.45) is 0 Å². The second kappa shape index (κ2) is 6.65. The molecular weight excluding hydrogens is 266 g/mol. The SMILES string of the molecule is C=C(Cc1cccc2c1C=CCC2)Nc1cccc(CC)c1. The summed E-state index contributed by atoms with van der Waals surface area (Å²) in [7, 11) is 0. The summed E-state index contributed by atoms with van der Waals surface area (Å²) >= 11 is 0. The minimum atomic E-state index is 0.865. The molecule has 0 aliphatic heterocycles. The largest absolute Gasteiger partial charge is 0.359 e. The van der Waals surface area contributed by atoms with Crippen LogP contribution in [0.25, 0.3) is 6.08 Å². The molecule has 0 radical (unpaired) electrons. The van der Waals surface area contributed by atoms with Crippen LogP contribution in [0, 0.1) is 0 Å². The molecule has 0 saturated carbocycles. The molecule has 1 aliphatic rings. The Kier molecular flexibility index (Phi) is 4.43. The number of fused-ring (bicyclic) bond motifs is 1. The van der Waals surface area contributed by atoms with Crippen LogP contribution in [0.5, 0.6) is 0 Å². The Bertz CT molecular complexity index is 710. The molecule has 1 aliphatic carbocycles. The lowest BCUT2D eigenvalue weighted by Crippen LogP contribution is -2.05. The van der Waals surface area contributed by atoms with Gasteiger partial charge in [0.05, 0.1) is 0 Å². The number of benzene rings is 2. The van der Waals surface area contributed by atoms with Gasteiger partial charge in [-0.3, -0.25) is 0 Å². The first-order valence-corrected chi connectivity index (χ1v) is 8.07. The highest BCUT2D eigenvalue weighted by Gasteiger charge is 2.09. The summed E-state index contributed by atoms with van der Waals surface area (Å²) in [5.41, 5.74) is 7.72. The van der Waals surface area contributed by atoms with Crippen LogP contribution in [0.15, 0.2) is 60.8 Å². The Balaban J connectivity index is 1.74. The normalized spacial score (nSPS) is 12.8. The molecule has 0 heterocycles. The van der Waals surface area contributed by atoms with Crippen molar-refractivity contribution in [3.63, 3.8) is 0 Å². The van der Waals surface area contributed by atoms with E-state index in [-0.39, 0.29) is 0 Å². The maximum absolute atomic E-state index is 4.21. The third-order valence-electron chi connectivity index (χ3n) is 4.21. The molecule has 0 bridgehead atoms. The summed E-state index contributed by atoms with van der Waals surface area (Å²) in [6.07, 6.45) is 8.76. The van der Waals surface area contributed by atoms with Gasteiger partial charge >= 0.3 is 0 Å². The molecule has 0 unspecified atom stereocenters. The van der Waals surface area contributed by atoms with Crippen molar-refractivity contribution in [3.05, 3.63) is 83.1 Å². The molecule has 112 valence electrons. The molecule has 22 heavy (non-hydrogen) atoms. The van der Waals surface area contributed by atoms with Gasteiger partial charge in [-0.1, -0.05) is 56.0 Å². The average Bonchev–Trinajstić information content (AvgIpc) is 2.55. The highest BCUT2D eigenvalue weighted by atomic mass is 14.9. The molecule has 0 saturated heterocycles. The van der Waals surface area contributed by atoms with Gasteiger partial charge in [-0.25, -0.2) is 0 Å². The van der Waals surface area contributed by atoms with E-state index in [1.807, 2.05) is 0 Å². The number of nitrogens with one attached hydrogen (secondary N) is 1. The summed E-state index contributed by atoms with van der Waals surface area (Å²) in [6.45, 7) is 6.39. The van der Waals surface area contributed by atoms with E-state index in [4.69, 9.17) is 0 Å². The quantitative estimate of drug-likeness (QED) is 0.779. The Morgan fingerprint density at radius 2 is 2.05 bits per heavy atom. The fourth-order valence-electron chi connectivity index (χ4n) is 3.04. The van der Waals surface area contributed by atoms with E-state index in [1.165, 1.54) is 22.3 Å². The van der Waals surface area contributed by atoms with Crippen molar-refractivity contribution >= 4 is 11.8 Å². The summed E-state index contributed by atoms with van der Waals surface area (Å²) in [5, 5.41) is 3.45. The maximum atomic E-state index is 4.21. The summed E-state index contributed by atoms with van der Waals surface area (Å²) in [4.78, 5) is 0. The van der Waals surface area contributed by atoms with Crippen molar-refractivity contribution in [1.82, 2.24) is 0 Å². The van der Waals surface area contributed by atoms with Gasteiger partial charge in [0, 0.05) is 17.8 Å². The molecule has 0 aromatic heterocycles. The van der Waals surface area contributed by atoms with Crippen LogP contribution in [0.1, 0.15) is 35.6 Å². The van der Waals surface area contributed by atoms with E-state index in [0.29, 0.717) is 0 Å². The first-order valence-electron chi connectivity index (χ1n) is 8.07. The van der Waals surface area contributed by atoms with Crippen LogP contribution in [0.2, 0.25) is 0 Å². The highest BCUT2D eigenvalue weighted by molar-refractivity contribution is 5.61. The van der Waals surface area contributed by atoms with Crippen molar-refractivity contribution in [2.75, 3.05) is 5.32 Å². The molecule has 0 spiro atoms. The van der Waals surface area contributed by atoms with E-state index in [0.717, 1.165) is 37.1 Å². The molecule has 0 fully saturated rings. The molecule has 0 amide bonds. The zero-order valence-corrected chi connectivity index (χ0v) is 13.2.